The SMILES string of the molecule is CCC(=O)C(=O)OC1CCCCC1. The summed E-state index contributed by atoms with van der Waals surface area (Å²) >= 11 is 0. The fourth-order valence-corrected chi connectivity index (χ4v) is 1.54. The van der Waals surface area contributed by atoms with Crippen LogP contribution in [0.25, 0.3) is 0 Å². The van der Waals surface area contributed by atoms with Crippen molar-refractivity contribution in [3.8, 4) is 0 Å². The Morgan fingerprint density at radius 1 is 1.23 bits per heavy atom. The molecule has 13 heavy (non-hydrogen) atoms. The summed E-state index contributed by atoms with van der Waals surface area (Å²) in [6.45, 7) is 1.67. The molecule has 1 aliphatic carbocycles. The molecule has 1 rings (SSSR count). The molecule has 0 saturated heterocycles. The quantitative estimate of drug-likeness (QED) is 0.496. The van der Waals surface area contributed by atoms with Crippen LogP contribution in [0.1, 0.15) is 45.4 Å². The zero-order valence-corrected chi connectivity index (χ0v) is 8.04. The van der Waals surface area contributed by atoms with E-state index in [0.29, 0.717) is 0 Å². The molecule has 0 heterocycles. The average Bonchev–Trinajstić information content (AvgIpc) is 2.18. The number of ether oxygens (including phenoxy) is 1. The second kappa shape index (κ2) is 5.00. The molecule has 0 bridgehead atoms. The first-order valence-electron chi connectivity index (χ1n) is 4.98. The first-order chi connectivity index (χ1) is 6.24. The summed E-state index contributed by atoms with van der Waals surface area (Å²) in [5, 5.41) is 0. The third kappa shape index (κ3) is 3.17. The lowest BCUT2D eigenvalue weighted by atomic mass is 9.98. The lowest BCUT2D eigenvalue weighted by Gasteiger charge is -2.21. The Morgan fingerprint density at radius 2 is 1.85 bits per heavy atom. The van der Waals surface area contributed by atoms with E-state index in [1.165, 1.54) is 6.42 Å². The summed E-state index contributed by atoms with van der Waals surface area (Å²) in [6.07, 6.45) is 5.51. The molecule has 1 aliphatic rings. The minimum atomic E-state index is -0.644. The molecule has 1 saturated carbocycles. The number of ketones is 1. The van der Waals surface area contributed by atoms with Crippen molar-refractivity contribution in [2.75, 3.05) is 0 Å². The standard InChI is InChI=1S/C10H16O3/c1-2-9(11)10(12)13-8-6-4-3-5-7-8/h8H,2-7H2,1H3. The molecule has 3 heteroatoms. The van der Waals surface area contributed by atoms with E-state index < -0.39 is 11.8 Å². The first kappa shape index (κ1) is 10.2. The van der Waals surface area contributed by atoms with Gasteiger partial charge in [-0.05, 0) is 25.7 Å². The highest BCUT2D eigenvalue weighted by molar-refractivity contribution is 6.33. The molecule has 0 aromatic carbocycles. The maximum absolute atomic E-state index is 11.1. The molecule has 0 radical (unpaired) electrons. The lowest BCUT2D eigenvalue weighted by Crippen LogP contribution is -2.25. The number of hydrogen-bond acceptors (Lipinski definition) is 3. The first-order valence-corrected chi connectivity index (χ1v) is 4.98. The van der Waals surface area contributed by atoms with Crippen LogP contribution >= 0.6 is 0 Å². The van der Waals surface area contributed by atoms with Gasteiger partial charge in [-0.25, -0.2) is 4.79 Å². The van der Waals surface area contributed by atoms with Crippen LogP contribution < -0.4 is 0 Å². The van der Waals surface area contributed by atoms with Gasteiger partial charge in [0.15, 0.2) is 0 Å². The zero-order valence-electron chi connectivity index (χ0n) is 8.04. The Balaban J connectivity index is 2.30. The van der Waals surface area contributed by atoms with Gasteiger partial charge in [-0.1, -0.05) is 13.3 Å². The van der Waals surface area contributed by atoms with Crippen LogP contribution in [0.3, 0.4) is 0 Å². The van der Waals surface area contributed by atoms with Crippen LogP contribution in [0.15, 0.2) is 0 Å². The van der Waals surface area contributed by atoms with E-state index >= 15 is 0 Å². The van der Waals surface area contributed by atoms with Crippen LogP contribution in [0.5, 0.6) is 0 Å². The Morgan fingerprint density at radius 3 is 2.38 bits per heavy atom. The van der Waals surface area contributed by atoms with E-state index in [9.17, 15) is 9.59 Å². The van der Waals surface area contributed by atoms with Crippen molar-refractivity contribution in [1.82, 2.24) is 0 Å². The summed E-state index contributed by atoms with van der Waals surface area (Å²) in [5.41, 5.74) is 0. The Hall–Kier alpha value is -0.860. The van der Waals surface area contributed by atoms with E-state index in [0.717, 1.165) is 25.7 Å². The lowest BCUT2D eigenvalue weighted by molar-refractivity contribution is -0.158. The molecule has 0 atom stereocenters. The third-order valence-corrected chi connectivity index (χ3v) is 2.37. The molecular weight excluding hydrogens is 168 g/mol. The van der Waals surface area contributed by atoms with Crippen molar-refractivity contribution in [2.24, 2.45) is 0 Å². The van der Waals surface area contributed by atoms with Crippen LogP contribution in [0.2, 0.25) is 0 Å². The molecular formula is C10H16O3. The summed E-state index contributed by atoms with van der Waals surface area (Å²) in [7, 11) is 0. The van der Waals surface area contributed by atoms with E-state index in [-0.39, 0.29) is 12.5 Å². The third-order valence-electron chi connectivity index (χ3n) is 2.37. The molecule has 0 aliphatic heterocycles. The predicted octanol–water partition coefficient (Wildman–Crippen LogP) is 1.84. The summed E-state index contributed by atoms with van der Waals surface area (Å²) < 4.78 is 5.06. The predicted molar refractivity (Wildman–Crippen MR) is 48.3 cm³/mol. The molecule has 0 spiro atoms. The van der Waals surface area contributed by atoms with Gasteiger partial charge in [0, 0.05) is 6.42 Å². The summed E-state index contributed by atoms with van der Waals surface area (Å²) in [6, 6.07) is 0. The smallest absolute Gasteiger partial charge is 0.374 e. The van der Waals surface area contributed by atoms with E-state index in [2.05, 4.69) is 0 Å². The van der Waals surface area contributed by atoms with Gasteiger partial charge in [0.2, 0.25) is 5.78 Å². The number of esters is 1. The van der Waals surface area contributed by atoms with Crippen LogP contribution in [0, 0.1) is 0 Å². The molecule has 0 amide bonds. The van der Waals surface area contributed by atoms with Crippen LogP contribution in [-0.2, 0) is 14.3 Å². The van der Waals surface area contributed by atoms with E-state index in [1.54, 1.807) is 6.92 Å². The summed E-state index contributed by atoms with van der Waals surface area (Å²) in [4.78, 5) is 22.0. The normalized spacial score (nSPS) is 18.2. The van der Waals surface area contributed by atoms with Gasteiger partial charge in [-0.2, -0.15) is 0 Å². The average molecular weight is 184 g/mol. The number of rotatable bonds is 3. The van der Waals surface area contributed by atoms with Crippen molar-refractivity contribution in [3.05, 3.63) is 0 Å². The minimum absolute atomic E-state index is 0.00301. The minimum Gasteiger partial charge on any atom is -0.457 e. The van der Waals surface area contributed by atoms with E-state index in [1.807, 2.05) is 0 Å². The molecule has 0 unspecified atom stereocenters. The van der Waals surface area contributed by atoms with E-state index in [4.69, 9.17) is 4.74 Å². The number of hydrogen-bond donors (Lipinski definition) is 0. The highest BCUT2D eigenvalue weighted by atomic mass is 16.5. The zero-order chi connectivity index (χ0) is 9.68. The van der Waals surface area contributed by atoms with Gasteiger partial charge < -0.3 is 4.74 Å². The van der Waals surface area contributed by atoms with Crippen molar-refractivity contribution in [2.45, 2.75) is 51.6 Å². The molecule has 3 nitrogen and oxygen atoms in total. The highest BCUT2D eigenvalue weighted by Gasteiger charge is 2.20. The topological polar surface area (TPSA) is 43.4 Å². The van der Waals surface area contributed by atoms with Crippen molar-refractivity contribution >= 4 is 11.8 Å². The van der Waals surface area contributed by atoms with Gasteiger partial charge >= 0.3 is 5.97 Å². The highest BCUT2D eigenvalue weighted by Crippen LogP contribution is 2.20. The van der Waals surface area contributed by atoms with Crippen LogP contribution in [-0.4, -0.2) is 17.9 Å². The molecule has 74 valence electrons. The maximum Gasteiger partial charge on any atom is 0.374 e. The largest absolute Gasteiger partial charge is 0.457 e. The van der Waals surface area contributed by atoms with Gasteiger partial charge in [0.1, 0.15) is 6.10 Å². The second-order valence-corrected chi connectivity index (χ2v) is 3.44. The van der Waals surface area contributed by atoms with Crippen molar-refractivity contribution in [1.29, 1.82) is 0 Å². The molecule has 0 N–H and O–H groups in total. The van der Waals surface area contributed by atoms with Crippen molar-refractivity contribution in [3.63, 3.8) is 0 Å². The second-order valence-electron chi connectivity index (χ2n) is 3.44. The fourth-order valence-electron chi connectivity index (χ4n) is 1.54. The number of Topliss-reactive ketones (excluding diaryl/α,β-unsaturated/α-hetero) is 1. The molecule has 0 aromatic heterocycles. The van der Waals surface area contributed by atoms with Crippen molar-refractivity contribution < 1.29 is 14.3 Å². The Labute approximate surface area is 78.5 Å². The van der Waals surface area contributed by atoms with Gasteiger partial charge in [-0.15, -0.1) is 0 Å². The molecule has 0 aromatic rings. The Bertz CT molecular complexity index is 192. The monoisotopic (exact) mass is 184 g/mol. The summed E-state index contributed by atoms with van der Waals surface area (Å²) in [5.74, 6) is -1.06. The number of carbonyl (C=O) groups is 2. The van der Waals surface area contributed by atoms with Gasteiger partial charge in [0.05, 0.1) is 0 Å². The maximum atomic E-state index is 11.1. The van der Waals surface area contributed by atoms with Crippen LogP contribution in [0.4, 0.5) is 0 Å². The van der Waals surface area contributed by atoms with Gasteiger partial charge in [0.25, 0.3) is 0 Å². The fraction of sp³-hybridized carbons (Fsp3) is 0.800. The molecule has 1 fully saturated rings. The number of carbonyl (C=O) groups excluding carboxylic acids is 2. The Kier molecular flexibility index (Phi) is 3.93. The van der Waals surface area contributed by atoms with Gasteiger partial charge in [-0.3, -0.25) is 4.79 Å².